The van der Waals surface area contributed by atoms with Crippen LogP contribution in [0.5, 0.6) is 0 Å². The molecule has 1 N–H and O–H groups in total. The molecular weight excluding hydrogens is 252 g/mol. The number of thiol groups is 1. The molecule has 0 aliphatic rings. The van der Waals surface area contributed by atoms with Crippen molar-refractivity contribution >= 4 is 12.6 Å². The molecule has 0 bridgehead atoms. The van der Waals surface area contributed by atoms with Crippen LogP contribution in [-0.4, -0.2) is 10.4 Å². The standard InChI is InChI=1S/C17H20OS/c1-13(2)16(19)17(18,14-9-5-3-6-10-14)15-11-7-4-8-12-15/h3-13,16,18-19H,1-2H3. The van der Waals surface area contributed by atoms with Crippen LogP contribution in [0.3, 0.4) is 0 Å². The second-order valence-electron chi connectivity index (χ2n) is 5.19. The van der Waals surface area contributed by atoms with Gasteiger partial charge in [0.05, 0.1) is 0 Å². The zero-order chi connectivity index (χ0) is 13.9. The van der Waals surface area contributed by atoms with Gasteiger partial charge < -0.3 is 5.11 Å². The van der Waals surface area contributed by atoms with E-state index in [1.54, 1.807) is 0 Å². The van der Waals surface area contributed by atoms with Crippen LogP contribution in [0.1, 0.15) is 25.0 Å². The summed E-state index contributed by atoms with van der Waals surface area (Å²) in [5, 5.41) is 11.1. The first-order valence-corrected chi connectivity index (χ1v) is 7.10. The van der Waals surface area contributed by atoms with Crippen LogP contribution in [0, 0.1) is 5.92 Å². The fraction of sp³-hybridized carbons (Fsp3) is 0.294. The molecule has 0 aliphatic heterocycles. The second kappa shape index (κ2) is 5.81. The van der Waals surface area contributed by atoms with Crippen molar-refractivity contribution < 1.29 is 5.11 Å². The summed E-state index contributed by atoms with van der Waals surface area (Å²) < 4.78 is 0. The Labute approximate surface area is 120 Å². The molecule has 19 heavy (non-hydrogen) atoms. The highest BCUT2D eigenvalue weighted by molar-refractivity contribution is 7.81. The van der Waals surface area contributed by atoms with E-state index in [0.717, 1.165) is 11.1 Å². The Kier molecular flexibility index (Phi) is 4.33. The van der Waals surface area contributed by atoms with Crippen LogP contribution in [-0.2, 0) is 5.60 Å². The van der Waals surface area contributed by atoms with Gasteiger partial charge >= 0.3 is 0 Å². The summed E-state index contributed by atoms with van der Waals surface area (Å²) in [6.45, 7) is 4.16. The van der Waals surface area contributed by atoms with Crippen molar-refractivity contribution in [1.29, 1.82) is 0 Å². The lowest BCUT2D eigenvalue weighted by molar-refractivity contribution is 0.0655. The largest absolute Gasteiger partial charge is 0.379 e. The fourth-order valence-corrected chi connectivity index (χ4v) is 2.67. The molecule has 0 saturated heterocycles. The number of rotatable bonds is 4. The molecule has 2 rings (SSSR count). The minimum atomic E-state index is -1.07. The summed E-state index contributed by atoms with van der Waals surface area (Å²) in [7, 11) is 0. The number of hydrogen-bond acceptors (Lipinski definition) is 2. The van der Waals surface area contributed by atoms with Gasteiger partial charge in [-0.3, -0.25) is 0 Å². The van der Waals surface area contributed by atoms with Crippen LogP contribution in [0.15, 0.2) is 60.7 Å². The molecule has 0 saturated carbocycles. The van der Waals surface area contributed by atoms with E-state index in [4.69, 9.17) is 0 Å². The van der Waals surface area contributed by atoms with E-state index >= 15 is 0 Å². The summed E-state index contributed by atoms with van der Waals surface area (Å²) in [6.07, 6.45) is 0. The zero-order valence-electron chi connectivity index (χ0n) is 11.3. The topological polar surface area (TPSA) is 20.2 Å². The maximum atomic E-state index is 11.3. The molecule has 1 unspecified atom stereocenters. The summed E-state index contributed by atoms with van der Waals surface area (Å²) in [4.78, 5) is 0. The van der Waals surface area contributed by atoms with Crippen molar-refractivity contribution in [3.63, 3.8) is 0 Å². The SMILES string of the molecule is CC(C)C(S)C(O)(c1ccccc1)c1ccccc1. The van der Waals surface area contributed by atoms with Gasteiger partial charge in [0, 0.05) is 5.25 Å². The van der Waals surface area contributed by atoms with E-state index in [9.17, 15) is 5.11 Å². The Morgan fingerprint density at radius 1 is 0.842 bits per heavy atom. The van der Waals surface area contributed by atoms with Gasteiger partial charge in [-0.2, -0.15) is 12.6 Å². The number of aliphatic hydroxyl groups is 1. The van der Waals surface area contributed by atoms with Crippen LogP contribution in [0.25, 0.3) is 0 Å². The van der Waals surface area contributed by atoms with E-state index in [1.807, 2.05) is 60.7 Å². The number of benzene rings is 2. The third-order valence-corrected chi connectivity index (χ3v) is 4.46. The molecule has 1 nitrogen and oxygen atoms in total. The molecule has 2 aromatic rings. The number of hydrogen-bond donors (Lipinski definition) is 2. The van der Waals surface area contributed by atoms with Crippen molar-refractivity contribution in [1.82, 2.24) is 0 Å². The van der Waals surface area contributed by atoms with Crippen molar-refractivity contribution in [2.75, 3.05) is 0 Å². The van der Waals surface area contributed by atoms with Crippen molar-refractivity contribution in [3.05, 3.63) is 71.8 Å². The average Bonchev–Trinajstić information content (AvgIpc) is 2.47. The van der Waals surface area contributed by atoms with Crippen molar-refractivity contribution in [2.45, 2.75) is 24.7 Å². The van der Waals surface area contributed by atoms with Gasteiger partial charge in [0.15, 0.2) is 0 Å². The molecule has 0 aliphatic carbocycles. The van der Waals surface area contributed by atoms with E-state index < -0.39 is 5.60 Å². The predicted octanol–water partition coefficient (Wildman–Crippen LogP) is 3.88. The van der Waals surface area contributed by atoms with Gasteiger partial charge in [0.1, 0.15) is 5.60 Å². The highest BCUT2D eigenvalue weighted by Crippen LogP contribution is 2.38. The lowest BCUT2D eigenvalue weighted by Crippen LogP contribution is -2.40. The van der Waals surface area contributed by atoms with E-state index in [2.05, 4.69) is 26.5 Å². The van der Waals surface area contributed by atoms with E-state index in [1.165, 1.54) is 0 Å². The first-order valence-electron chi connectivity index (χ1n) is 6.58. The molecule has 0 aromatic heterocycles. The summed E-state index contributed by atoms with van der Waals surface area (Å²) in [5.74, 6) is 0.258. The highest BCUT2D eigenvalue weighted by Gasteiger charge is 2.39. The molecule has 0 amide bonds. The van der Waals surface area contributed by atoms with Crippen LogP contribution in [0.2, 0.25) is 0 Å². The maximum Gasteiger partial charge on any atom is 0.126 e. The van der Waals surface area contributed by atoms with Gasteiger partial charge in [-0.15, -0.1) is 0 Å². The fourth-order valence-electron chi connectivity index (χ4n) is 2.38. The molecule has 100 valence electrons. The quantitative estimate of drug-likeness (QED) is 0.809. The summed E-state index contributed by atoms with van der Waals surface area (Å²) in [5.41, 5.74) is 0.699. The lowest BCUT2D eigenvalue weighted by atomic mass is 9.79. The highest BCUT2D eigenvalue weighted by atomic mass is 32.1. The minimum Gasteiger partial charge on any atom is -0.379 e. The molecule has 2 heteroatoms. The van der Waals surface area contributed by atoms with E-state index in [-0.39, 0.29) is 11.2 Å². The Balaban J connectivity index is 2.57. The van der Waals surface area contributed by atoms with Crippen molar-refractivity contribution in [3.8, 4) is 0 Å². The van der Waals surface area contributed by atoms with Crippen LogP contribution < -0.4 is 0 Å². The maximum absolute atomic E-state index is 11.3. The first-order chi connectivity index (χ1) is 9.06. The Bertz CT molecular complexity index is 468. The van der Waals surface area contributed by atoms with Crippen molar-refractivity contribution in [2.24, 2.45) is 5.92 Å². The predicted molar refractivity (Wildman–Crippen MR) is 83.5 cm³/mol. The van der Waals surface area contributed by atoms with Gasteiger partial charge in [0.25, 0.3) is 0 Å². The van der Waals surface area contributed by atoms with Gasteiger partial charge in [0.2, 0.25) is 0 Å². The van der Waals surface area contributed by atoms with Gasteiger partial charge in [-0.25, -0.2) is 0 Å². The molecule has 0 fully saturated rings. The molecule has 0 radical (unpaired) electrons. The Hall–Kier alpha value is -1.25. The average molecular weight is 272 g/mol. The normalized spacial score (nSPS) is 13.5. The van der Waals surface area contributed by atoms with Gasteiger partial charge in [-0.05, 0) is 17.0 Å². The second-order valence-corrected chi connectivity index (χ2v) is 5.74. The molecular formula is C17H20OS. The molecule has 2 aromatic carbocycles. The Morgan fingerprint density at radius 3 is 1.53 bits per heavy atom. The first kappa shape index (κ1) is 14.2. The minimum absolute atomic E-state index is 0.169. The molecule has 0 spiro atoms. The smallest absolute Gasteiger partial charge is 0.126 e. The summed E-state index contributed by atoms with van der Waals surface area (Å²) >= 11 is 4.68. The third-order valence-electron chi connectivity index (χ3n) is 3.49. The van der Waals surface area contributed by atoms with Crippen LogP contribution >= 0.6 is 12.6 Å². The monoisotopic (exact) mass is 272 g/mol. The summed E-state index contributed by atoms with van der Waals surface area (Å²) in [6, 6.07) is 19.5. The Morgan fingerprint density at radius 2 is 1.21 bits per heavy atom. The third kappa shape index (κ3) is 2.70. The zero-order valence-corrected chi connectivity index (χ0v) is 12.2. The molecule has 0 heterocycles. The lowest BCUT2D eigenvalue weighted by Gasteiger charge is -2.37. The van der Waals surface area contributed by atoms with E-state index in [0.29, 0.717) is 0 Å². The molecule has 1 atom stereocenters. The van der Waals surface area contributed by atoms with Crippen LogP contribution in [0.4, 0.5) is 0 Å². The van der Waals surface area contributed by atoms with Gasteiger partial charge in [-0.1, -0.05) is 74.5 Å².